The molecule has 132 valence electrons. The summed E-state index contributed by atoms with van der Waals surface area (Å²) in [6.07, 6.45) is 1.50. The average Bonchev–Trinajstić information content (AvgIpc) is 3.15. The van der Waals surface area contributed by atoms with Crippen LogP contribution in [0.3, 0.4) is 0 Å². The van der Waals surface area contributed by atoms with Crippen molar-refractivity contribution in [2.24, 2.45) is 5.92 Å². The highest BCUT2D eigenvalue weighted by Crippen LogP contribution is 2.27. The van der Waals surface area contributed by atoms with Crippen LogP contribution in [0.2, 0.25) is 5.15 Å². The number of halogens is 1. The zero-order valence-corrected chi connectivity index (χ0v) is 14.4. The Morgan fingerprint density at radius 1 is 1.20 bits per heavy atom. The van der Waals surface area contributed by atoms with Crippen molar-refractivity contribution in [1.29, 1.82) is 0 Å². The van der Waals surface area contributed by atoms with E-state index in [2.05, 4.69) is 0 Å². The van der Waals surface area contributed by atoms with Crippen LogP contribution in [0.15, 0.2) is 34.9 Å². The Morgan fingerprint density at radius 2 is 1.88 bits per heavy atom. The SMILES string of the molecule is CC1(C)OC(=O)C(CCn2c(Cl)ccc2C(=O)c2ccco2)C(=O)O1. The smallest absolute Gasteiger partial charge is 0.323 e. The maximum atomic E-state index is 12.5. The number of carbonyl (C=O) groups excluding carboxylic acids is 3. The van der Waals surface area contributed by atoms with Gasteiger partial charge in [0.25, 0.3) is 5.79 Å². The van der Waals surface area contributed by atoms with Crippen molar-refractivity contribution in [3.05, 3.63) is 47.1 Å². The Bertz CT molecular complexity index is 800. The van der Waals surface area contributed by atoms with Crippen molar-refractivity contribution in [2.45, 2.75) is 32.6 Å². The van der Waals surface area contributed by atoms with Gasteiger partial charge in [0.15, 0.2) is 11.7 Å². The Kier molecular flexibility index (Phi) is 4.43. The second-order valence-corrected chi connectivity index (χ2v) is 6.47. The number of aromatic nitrogens is 1. The summed E-state index contributed by atoms with van der Waals surface area (Å²) in [5.74, 6) is -3.79. The molecule has 0 unspecified atom stereocenters. The second kappa shape index (κ2) is 6.40. The van der Waals surface area contributed by atoms with E-state index in [1.54, 1.807) is 24.3 Å². The van der Waals surface area contributed by atoms with Gasteiger partial charge in [-0.05, 0) is 30.7 Å². The van der Waals surface area contributed by atoms with Crippen LogP contribution in [0, 0.1) is 5.92 Å². The maximum absolute atomic E-state index is 12.5. The van der Waals surface area contributed by atoms with E-state index in [0.29, 0.717) is 10.8 Å². The molecule has 25 heavy (non-hydrogen) atoms. The summed E-state index contributed by atoms with van der Waals surface area (Å²) in [7, 11) is 0. The van der Waals surface area contributed by atoms with Gasteiger partial charge in [0.2, 0.25) is 5.78 Å². The van der Waals surface area contributed by atoms with Crippen LogP contribution < -0.4 is 0 Å². The van der Waals surface area contributed by atoms with E-state index < -0.39 is 23.6 Å². The van der Waals surface area contributed by atoms with Gasteiger partial charge in [0.05, 0.1) is 12.0 Å². The third-order valence-corrected chi connectivity index (χ3v) is 4.14. The lowest BCUT2D eigenvalue weighted by atomic mass is 10.0. The van der Waals surface area contributed by atoms with E-state index in [-0.39, 0.29) is 24.5 Å². The molecule has 1 aliphatic rings. The zero-order valence-electron chi connectivity index (χ0n) is 13.7. The van der Waals surface area contributed by atoms with Crippen molar-refractivity contribution in [2.75, 3.05) is 0 Å². The van der Waals surface area contributed by atoms with Gasteiger partial charge in [-0.2, -0.15) is 0 Å². The normalized spacial score (nSPS) is 17.2. The predicted molar refractivity (Wildman–Crippen MR) is 86.0 cm³/mol. The van der Waals surface area contributed by atoms with Crippen molar-refractivity contribution in [1.82, 2.24) is 4.57 Å². The molecule has 1 saturated heterocycles. The molecular weight excluding hydrogens is 350 g/mol. The summed E-state index contributed by atoms with van der Waals surface area (Å²) < 4.78 is 16.8. The number of hydrogen-bond donors (Lipinski definition) is 0. The van der Waals surface area contributed by atoms with Crippen molar-refractivity contribution >= 4 is 29.3 Å². The molecule has 0 spiro atoms. The van der Waals surface area contributed by atoms with E-state index in [1.165, 1.54) is 24.7 Å². The van der Waals surface area contributed by atoms with E-state index in [4.69, 9.17) is 25.5 Å². The fraction of sp³-hybridized carbons (Fsp3) is 0.353. The van der Waals surface area contributed by atoms with Crippen LogP contribution in [0.25, 0.3) is 0 Å². The van der Waals surface area contributed by atoms with Gasteiger partial charge < -0.3 is 18.5 Å². The van der Waals surface area contributed by atoms with Crippen molar-refractivity contribution in [3.63, 3.8) is 0 Å². The summed E-state index contributed by atoms with van der Waals surface area (Å²) in [5, 5.41) is 0.313. The van der Waals surface area contributed by atoms with E-state index in [0.717, 1.165) is 0 Å². The number of carbonyl (C=O) groups is 3. The molecular formula is C17H16ClNO6. The monoisotopic (exact) mass is 365 g/mol. The lowest BCUT2D eigenvalue weighted by Crippen LogP contribution is -2.46. The minimum absolute atomic E-state index is 0.0978. The number of hydrogen-bond acceptors (Lipinski definition) is 6. The molecule has 0 aromatic carbocycles. The summed E-state index contributed by atoms with van der Waals surface area (Å²) >= 11 is 6.13. The first-order valence-corrected chi connectivity index (χ1v) is 8.05. The fourth-order valence-electron chi connectivity index (χ4n) is 2.64. The molecule has 1 fully saturated rings. The maximum Gasteiger partial charge on any atom is 0.323 e. The van der Waals surface area contributed by atoms with Crippen molar-refractivity contribution < 1.29 is 28.3 Å². The summed E-state index contributed by atoms with van der Waals surface area (Å²) in [6.45, 7) is 3.15. The molecule has 0 aliphatic carbocycles. The zero-order chi connectivity index (χ0) is 18.2. The molecule has 3 rings (SSSR count). The minimum Gasteiger partial charge on any atom is -0.461 e. The van der Waals surface area contributed by atoms with Crippen LogP contribution in [-0.2, 0) is 25.6 Å². The molecule has 3 heterocycles. The molecule has 0 N–H and O–H groups in total. The Morgan fingerprint density at radius 3 is 2.48 bits per heavy atom. The Labute approximate surface area is 148 Å². The van der Waals surface area contributed by atoms with Gasteiger partial charge in [0.1, 0.15) is 5.15 Å². The highest BCUT2D eigenvalue weighted by atomic mass is 35.5. The van der Waals surface area contributed by atoms with Crippen LogP contribution in [0.5, 0.6) is 0 Å². The molecule has 8 heteroatoms. The first kappa shape index (κ1) is 17.3. The Hall–Kier alpha value is -2.54. The molecule has 0 bridgehead atoms. The lowest BCUT2D eigenvalue weighted by Gasteiger charge is -2.32. The number of ether oxygens (including phenoxy) is 2. The highest BCUT2D eigenvalue weighted by Gasteiger charge is 2.43. The van der Waals surface area contributed by atoms with Gasteiger partial charge in [-0.1, -0.05) is 11.6 Å². The highest BCUT2D eigenvalue weighted by molar-refractivity contribution is 6.30. The number of cyclic esters (lactones) is 2. The lowest BCUT2D eigenvalue weighted by molar-refractivity contribution is -0.240. The number of ketones is 1. The number of nitrogens with zero attached hydrogens (tertiary/aromatic N) is 1. The standard InChI is InChI=1S/C17H16ClNO6/c1-17(2)24-15(21)10(16(22)25-17)7-8-19-11(5-6-13(19)18)14(20)12-4-3-9-23-12/h3-6,9-10H,7-8H2,1-2H3. The van der Waals surface area contributed by atoms with Gasteiger partial charge >= 0.3 is 11.9 Å². The van der Waals surface area contributed by atoms with Gasteiger partial charge in [-0.25, -0.2) is 0 Å². The number of furan rings is 1. The molecule has 0 atom stereocenters. The van der Waals surface area contributed by atoms with Crippen LogP contribution in [0.4, 0.5) is 0 Å². The fourth-order valence-corrected chi connectivity index (χ4v) is 2.88. The Balaban J connectivity index is 1.76. The quantitative estimate of drug-likeness (QED) is 0.460. The predicted octanol–water partition coefficient (Wildman–Crippen LogP) is 2.81. The molecule has 7 nitrogen and oxygen atoms in total. The molecule has 0 radical (unpaired) electrons. The first-order valence-electron chi connectivity index (χ1n) is 7.67. The third kappa shape index (κ3) is 3.46. The molecule has 0 saturated carbocycles. The topological polar surface area (TPSA) is 87.7 Å². The number of rotatable bonds is 5. The van der Waals surface area contributed by atoms with Gasteiger partial charge in [-0.15, -0.1) is 0 Å². The third-order valence-electron chi connectivity index (χ3n) is 3.81. The van der Waals surface area contributed by atoms with Crippen LogP contribution in [0.1, 0.15) is 36.5 Å². The largest absolute Gasteiger partial charge is 0.461 e. The summed E-state index contributed by atoms with van der Waals surface area (Å²) in [6, 6.07) is 6.29. The molecule has 0 amide bonds. The minimum atomic E-state index is -1.27. The molecule has 2 aromatic heterocycles. The molecule has 2 aromatic rings. The molecule has 1 aliphatic heterocycles. The van der Waals surface area contributed by atoms with Crippen LogP contribution in [-0.4, -0.2) is 28.1 Å². The van der Waals surface area contributed by atoms with Gasteiger partial charge in [0, 0.05) is 20.4 Å². The first-order chi connectivity index (χ1) is 11.8. The van der Waals surface area contributed by atoms with E-state index >= 15 is 0 Å². The van der Waals surface area contributed by atoms with Crippen LogP contribution >= 0.6 is 11.6 Å². The summed E-state index contributed by atoms with van der Waals surface area (Å²) in [5.41, 5.74) is 0.304. The van der Waals surface area contributed by atoms with E-state index in [9.17, 15) is 14.4 Å². The van der Waals surface area contributed by atoms with Crippen molar-refractivity contribution in [3.8, 4) is 0 Å². The van der Waals surface area contributed by atoms with Gasteiger partial charge in [-0.3, -0.25) is 14.4 Å². The van der Waals surface area contributed by atoms with E-state index in [1.807, 2.05) is 0 Å². The second-order valence-electron chi connectivity index (χ2n) is 6.08. The average molecular weight is 366 g/mol. The summed E-state index contributed by atoms with van der Waals surface area (Å²) in [4.78, 5) is 36.5. The number of esters is 2.